The van der Waals surface area contributed by atoms with Crippen LogP contribution in [0, 0.1) is 12.8 Å². The normalized spacial score (nSPS) is 14.6. The fourth-order valence-electron chi connectivity index (χ4n) is 4.33. The second-order valence-corrected chi connectivity index (χ2v) is 9.05. The molecule has 2 aromatic carbocycles. The van der Waals surface area contributed by atoms with Crippen molar-refractivity contribution >= 4 is 11.7 Å². The van der Waals surface area contributed by atoms with E-state index in [2.05, 4.69) is 64.6 Å². The Balaban J connectivity index is 1.57. The van der Waals surface area contributed by atoms with Crippen molar-refractivity contribution < 1.29 is 4.79 Å². The second-order valence-electron chi connectivity index (χ2n) is 9.05. The molecule has 1 aliphatic rings. The number of aromatic nitrogens is 2. The molecule has 3 aromatic rings. The van der Waals surface area contributed by atoms with Crippen molar-refractivity contribution in [2.75, 3.05) is 18.0 Å². The van der Waals surface area contributed by atoms with Gasteiger partial charge in [-0.05, 0) is 57.6 Å². The molecular formula is C27H32N4O. The van der Waals surface area contributed by atoms with Crippen LogP contribution in [0.25, 0.3) is 11.4 Å². The molecule has 1 fully saturated rings. The number of hydrogen-bond donors (Lipinski definition) is 1. The second kappa shape index (κ2) is 9.94. The molecule has 1 N–H and O–H groups in total. The molecule has 0 radical (unpaired) electrons. The maximum absolute atomic E-state index is 12.9. The third-order valence-electron chi connectivity index (χ3n) is 5.99. The Morgan fingerprint density at radius 2 is 1.84 bits per heavy atom. The van der Waals surface area contributed by atoms with Gasteiger partial charge in [-0.25, -0.2) is 9.97 Å². The maximum Gasteiger partial charge on any atom is 0.256 e. The Morgan fingerprint density at radius 3 is 2.53 bits per heavy atom. The number of benzene rings is 2. The lowest BCUT2D eigenvalue weighted by Crippen LogP contribution is -2.38. The first-order chi connectivity index (χ1) is 15.5. The zero-order valence-corrected chi connectivity index (χ0v) is 19.2. The fourth-order valence-corrected chi connectivity index (χ4v) is 4.33. The van der Waals surface area contributed by atoms with E-state index in [9.17, 15) is 4.79 Å². The van der Waals surface area contributed by atoms with Crippen molar-refractivity contribution in [1.29, 1.82) is 0 Å². The lowest BCUT2D eigenvalue weighted by Gasteiger charge is -2.34. The summed E-state index contributed by atoms with van der Waals surface area (Å²) < 4.78 is 0. The van der Waals surface area contributed by atoms with E-state index >= 15 is 0 Å². The number of piperidine rings is 1. The van der Waals surface area contributed by atoms with Gasteiger partial charge in [-0.2, -0.15) is 0 Å². The van der Waals surface area contributed by atoms with Gasteiger partial charge in [0.15, 0.2) is 5.82 Å². The van der Waals surface area contributed by atoms with Crippen LogP contribution in [0.2, 0.25) is 0 Å². The van der Waals surface area contributed by atoms with E-state index in [4.69, 9.17) is 4.98 Å². The van der Waals surface area contributed by atoms with Crippen LogP contribution in [0.1, 0.15) is 48.2 Å². The van der Waals surface area contributed by atoms with Gasteiger partial charge in [-0.1, -0.05) is 54.1 Å². The molecule has 0 bridgehead atoms. The predicted octanol–water partition coefficient (Wildman–Crippen LogP) is 5.05. The van der Waals surface area contributed by atoms with Gasteiger partial charge < -0.3 is 10.2 Å². The van der Waals surface area contributed by atoms with Crippen LogP contribution in [0.5, 0.6) is 0 Å². The minimum absolute atomic E-state index is 0.0587. The van der Waals surface area contributed by atoms with Gasteiger partial charge in [0.1, 0.15) is 11.4 Å². The van der Waals surface area contributed by atoms with Crippen molar-refractivity contribution in [2.24, 2.45) is 5.92 Å². The molecular weight excluding hydrogens is 396 g/mol. The summed E-state index contributed by atoms with van der Waals surface area (Å²) >= 11 is 0. The van der Waals surface area contributed by atoms with Gasteiger partial charge in [-0.15, -0.1) is 0 Å². The zero-order valence-electron chi connectivity index (χ0n) is 19.2. The van der Waals surface area contributed by atoms with Crippen LogP contribution >= 0.6 is 0 Å². The van der Waals surface area contributed by atoms with Crippen LogP contribution in [0.3, 0.4) is 0 Å². The molecule has 0 aliphatic carbocycles. The average molecular weight is 429 g/mol. The number of nitrogens with one attached hydrogen (secondary N) is 1. The number of amides is 1. The Morgan fingerprint density at radius 1 is 1.09 bits per heavy atom. The van der Waals surface area contributed by atoms with Gasteiger partial charge >= 0.3 is 0 Å². The standard InChI is InChI=1S/C27H32N4O/c1-19(2)29-27(32)24-18-28-25(23-11-7-8-20(3)16-23)30-26(24)31-14-12-22(13-15-31)17-21-9-5-4-6-10-21/h4-11,16,18-19,22H,12-15,17H2,1-3H3,(H,29,32). The van der Waals surface area contributed by atoms with Crippen molar-refractivity contribution in [3.05, 3.63) is 77.5 Å². The van der Waals surface area contributed by atoms with Crippen molar-refractivity contribution in [3.8, 4) is 11.4 Å². The minimum atomic E-state index is -0.114. The van der Waals surface area contributed by atoms with E-state index in [0.717, 1.165) is 49.3 Å². The van der Waals surface area contributed by atoms with Crippen LogP contribution < -0.4 is 10.2 Å². The molecule has 1 aliphatic heterocycles. The lowest BCUT2D eigenvalue weighted by atomic mass is 9.90. The van der Waals surface area contributed by atoms with E-state index in [0.29, 0.717) is 17.3 Å². The summed E-state index contributed by atoms with van der Waals surface area (Å²) in [6.07, 6.45) is 4.97. The van der Waals surface area contributed by atoms with Crippen LogP contribution in [-0.4, -0.2) is 35.0 Å². The summed E-state index contributed by atoms with van der Waals surface area (Å²) in [5.74, 6) is 1.95. The van der Waals surface area contributed by atoms with Gasteiger partial charge in [0.2, 0.25) is 0 Å². The molecule has 166 valence electrons. The number of hydrogen-bond acceptors (Lipinski definition) is 4. The third kappa shape index (κ3) is 5.34. The highest BCUT2D eigenvalue weighted by atomic mass is 16.1. The van der Waals surface area contributed by atoms with Crippen molar-refractivity contribution in [1.82, 2.24) is 15.3 Å². The number of nitrogens with zero attached hydrogens (tertiary/aromatic N) is 3. The summed E-state index contributed by atoms with van der Waals surface area (Å²) in [5.41, 5.74) is 4.08. The van der Waals surface area contributed by atoms with E-state index in [1.165, 1.54) is 5.56 Å². The molecule has 1 amide bonds. The summed E-state index contributed by atoms with van der Waals surface area (Å²) in [7, 11) is 0. The molecule has 1 aromatic heterocycles. The molecule has 0 spiro atoms. The molecule has 1 saturated heterocycles. The summed E-state index contributed by atoms with van der Waals surface area (Å²) in [4.78, 5) is 24.6. The van der Waals surface area contributed by atoms with Gasteiger partial charge in [0.25, 0.3) is 5.91 Å². The van der Waals surface area contributed by atoms with Crippen LogP contribution in [0.15, 0.2) is 60.8 Å². The molecule has 5 heteroatoms. The Hall–Kier alpha value is -3.21. The lowest BCUT2D eigenvalue weighted by molar-refractivity contribution is 0.0943. The highest BCUT2D eigenvalue weighted by Gasteiger charge is 2.25. The Labute approximate surface area is 190 Å². The first-order valence-corrected chi connectivity index (χ1v) is 11.5. The van der Waals surface area contributed by atoms with Gasteiger partial charge in [0, 0.05) is 30.9 Å². The molecule has 0 atom stereocenters. The zero-order chi connectivity index (χ0) is 22.5. The number of carbonyl (C=O) groups excluding carboxylic acids is 1. The van der Waals surface area contributed by atoms with Crippen molar-refractivity contribution in [3.63, 3.8) is 0 Å². The SMILES string of the molecule is Cc1cccc(-c2ncc(C(=O)NC(C)C)c(N3CCC(Cc4ccccc4)CC3)n2)c1. The number of aryl methyl sites for hydroxylation is 1. The predicted molar refractivity (Wildman–Crippen MR) is 130 cm³/mol. The molecule has 32 heavy (non-hydrogen) atoms. The largest absolute Gasteiger partial charge is 0.356 e. The number of rotatable bonds is 6. The fraction of sp³-hybridized carbons (Fsp3) is 0.370. The average Bonchev–Trinajstić information content (AvgIpc) is 2.79. The van der Waals surface area contributed by atoms with Gasteiger partial charge in [-0.3, -0.25) is 4.79 Å². The summed E-state index contributed by atoms with van der Waals surface area (Å²) in [5, 5.41) is 3.00. The van der Waals surface area contributed by atoms with Crippen LogP contribution in [-0.2, 0) is 6.42 Å². The van der Waals surface area contributed by atoms with E-state index < -0.39 is 0 Å². The smallest absolute Gasteiger partial charge is 0.256 e. The molecule has 5 nitrogen and oxygen atoms in total. The molecule has 4 rings (SSSR count). The van der Waals surface area contributed by atoms with E-state index in [-0.39, 0.29) is 11.9 Å². The summed E-state index contributed by atoms with van der Waals surface area (Å²) in [6.45, 7) is 7.78. The van der Waals surface area contributed by atoms with E-state index in [1.54, 1.807) is 6.20 Å². The van der Waals surface area contributed by atoms with Crippen molar-refractivity contribution in [2.45, 2.75) is 46.1 Å². The monoisotopic (exact) mass is 428 g/mol. The number of carbonyl (C=O) groups is 1. The molecule has 2 heterocycles. The minimum Gasteiger partial charge on any atom is -0.356 e. The summed E-state index contributed by atoms with van der Waals surface area (Å²) in [6, 6.07) is 18.9. The molecule has 0 saturated carbocycles. The number of anilines is 1. The quantitative estimate of drug-likeness (QED) is 0.597. The highest BCUT2D eigenvalue weighted by Crippen LogP contribution is 2.28. The highest BCUT2D eigenvalue weighted by molar-refractivity contribution is 5.99. The first kappa shape index (κ1) is 22.0. The van der Waals surface area contributed by atoms with Gasteiger partial charge in [0.05, 0.1) is 0 Å². The van der Waals surface area contributed by atoms with Crippen LogP contribution in [0.4, 0.5) is 5.82 Å². The Bertz CT molecular complexity index is 1060. The maximum atomic E-state index is 12.9. The topological polar surface area (TPSA) is 58.1 Å². The first-order valence-electron chi connectivity index (χ1n) is 11.5. The third-order valence-corrected chi connectivity index (χ3v) is 5.99. The Kier molecular flexibility index (Phi) is 6.84. The van der Waals surface area contributed by atoms with E-state index in [1.807, 2.05) is 26.0 Å². The molecule has 0 unspecified atom stereocenters.